The first-order chi connectivity index (χ1) is 21.4. The summed E-state index contributed by atoms with van der Waals surface area (Å²) in [6.07, 6.45) is -7.68. The van der Waals surface area contributed by atoms with Crippen molar-refractivity contribution in [1.82, 2.24) is 34.1 Å². The summed E-state index contributed by atoms with van der Waals surface area (Å²) in [5, 5.41) is 31.5. The number of phosphoric ester groups is 1. The van der Waals surface area contributed by atoms with Crippen LogP contribution in [0.1, 0.15) is 12.5 Å². The predicted octanol–water partition coefficient (Wildman–Crippen LogP) is -1.29. The number of aliphatic hydroxyl groups is 3. The lowest BCUT2D eigenvalue weighted by Crippen LogP contribution is -2.36. The number of pyridine rings is 1. The Bertz CT molecular complexity index is 1860. The van der Waals surface area contributed by atoms with E-state index in [-0.39, 0.29) is 22.8 Å². The number of aliphatic hydroxyl groups excluding tert-OH is 3. The number of ether oxygens (including phenoxy) is 2. The van der Waals surface area contributed by atoms with Crippen molar-refractivity contribution >= 4 is 61.3 Å². The number of nitrogens with zero attached hydrogens (tertiary/aromatic N) is 6. The molecule has 2 aliphatic heterocycles. The van der Waals surface area contributed by atoms with Gasteiger partial charge in [-0.2, -0.15) is 4.98 Å². The molecule has 4 aromatic heterocycles. The SMILES string of the molecule is Nc1nc2c(ncn2[C@@H]2O[C@H](CO)[C@@H](O)[C@H]2OP(=O)(O)OC[C@H]2O[C@@H](n3cnc4c(N)ccnc43)[C@H](O)[C@@H]2O[P+](=O)S)c(=O)[nH]1. The number of nitrogen functional groups attached to an aromatic ring is 2. The molecule has 2 aliphatic rings. The van der Waals surface area contributed by atoms with Crippen LogP contribution in [0.5, 0.6) is 0 Å². The van der Waals surface area contributed by atoms with Gasteiger partial charge in [0, 0.05) is 6.20 Å². The Kier molecular flexibility index (Phi) is 8.67. The standard InChI is InChI=1S/C21H25N9O12P2S/c22-7-1-2-24-16-10(7)25-5-29(16)19-13(33)14(41-43(35)45)9(40-19)4-38-44(36,37)42-15-12(32)8(3-31)39-20(15)30-6-26-11-17(30)27-21(23)28-18(11)34/h1-2,5-6,8-9,12-15,19-20,31-33H,3-4H2,(H6-,22,23,24,27,28,34,35,36,37,45)/p+1/t8-,9-,12-,13-,14-,15-,19-,20-/m1/s1. The minimum Gasteiger partial charge on any atom is -0.397 e. The number of hydrogen-bond donors (Lipinski definition) is 8. The first kappa shape index (κ1) is 31.9. The number of aromatic amines is 1. The van der Waals surface area contributed by atoms with Crippen molar-refractivity contribution in [3.63, 3.8) is 0 Å². The van der Waals surface area contributed by atoms with Crippen molar-refractivity contribution in [3.05, 3.63) is 35.3 Å². The van der Waals surface area contributed by atoms with Gasteiger partial charge in [0.25, 0.3) is 5.56 Å². The van der Waals surface area contributed by atoms with Crippen LogP contribution in [0.15, 0.2) is 29.7 Å². The second kappa shape index (κ2) is 12.2. The van der Waals surface area contributed by atoms with Crippen molar-refractivity contribution < 1.29 is 52.4 Å². The maximum absolute atomic E-state index is 13.2. The number of fused-ring (bicyclic) bond motifs is 2. The quantitative estimate of drug-likeness (QED) is 0.0709. The molecule has 2 unspecified atom stereocenters. The normalized spacial score (nSPS) is 30.3. The minimum absolute atomic E-state index is 0.0992. The van der Waals surface area contributed by atoms with Crippen LogP contribution in [-0.4, -0.2) is 104 Å². The van der Waals surface area contributed by atoms with Crippen LogP contribution in [0, 0.1) is 0 Å². The smallest absolute Gasteiger partial charge is 0.397 e. The number of anilines is 2. The van der Waals surface area contributed by atoms with Gasteiger partial charge in [0.1, 0.15) is 48.3 Å². The van der Waals surface area contributed by atoms with E-state index in [9.17, 15) is 34.1 Å². The number of imidazole rings is 2. The number of hydrogen-bond acceptors (Lipinski definition) is 17. The Morgan fingerprint density at radius 2 is 1.73 bits per heavy atom. The maximum Gasteiger partial charge on any atom is 0.582 e. The largest absolute Gasteiger partial charge is 0.582 e. The molecule has 0 bridgehead atoms. The molecule has 9 N–H and O–H groups in total. The fraction of sp³-hybridized carbons (Fsp3) is 0.476. The van der Waals surface area contributed by atoms with E-state index < -0.39 is 82.9 Å². The lowest BCUT2D eigenvalue weighted by atomic mass is 10.1. The van der Waals surface area contributed by atoms with Crippen LogP contribution >= 0.6 is 27.3 Å². The van der Waals surface area contributed by atoms with E-state index in [2.05, 4.69) is 37.2 Å². The Morgan fingerprint density at radius 3 is 2.44 bits per heavy atom. The van der Waals surface area contributed by atoms with Gasteiger partial charge in [0.05, 0.1) is 31.6 Å². The monoisotopic (exact) mass is 690 g/mol. The van der Waals surface area contributed by atoms with Gasteiger partial charge in [-0.3, -0.25) is 28.0 Å². The third kappa shape index (κ3) is 5.96. The first-order valence-electron chi connectivity index (χ1n) is 12.9. The van der Waals surface area contributed by atoms with Crippen LogP contribution in [0.3, 0.4) is 0 Å². The minimum atomic E-state index is -5.12. The van der Waals surface area contributed by atoms with E-state index in [1.54, 1.807) is 0 Å². The summed E-state index contributed by atoms with van der Waals surface area (Å²) in [5.74, 6) is -0.264. The number of H-pyrrole nitrogens is 1. The van der Waals surface area contributed by atoms with Gasteiger partial charge in [-0.1, -0.05) is 0 Å². The van der Waals surface area contributed by atoms with E-state index >= 15 is 0 Å². The van der Waals surface area contributed by atoms with Crippen molar-refractivity contribution in [2.24, 2.45) is 0 Å². The molecule has 2 fully saturated rings. The van der Waals surface area contributed by atoms with Gasteiger partial charge in [-0.15, -0.1) is 4.52 Å². The molecule has 0 aromatic carbocycles. The van der Waals surface area contributed by atoms with Gasteiger partial charge in [-0.05, 0) is 10.6 Å². The molecular formula is C21H26N9O12P2S+. The number of phosphoric acid groups is 1. The molecule has 10 atom stereocenters. The Morgan fingerprint density at radius 1 is 1.04 bits per heavy atom. The van der Waals surface area contributed by atoms with Gasteiger partial charge in [0.2, 0.25) is 5.95 Å². The second-order valence-corrected chi connectivity index (χ2v) is 13.0. The summed E-state index contributed by atoms with van der Waals surface area (Å²) in [4.78, 5) is 41.5. The summed E-state index contributed by atoms with van der Waals surface area (Å²) in [6.45, 7) is -1.47. The van der Waals surface area contributed by atoms with Crippen molar-refractivity contribution in [1.29, 1.82) is 0 Å². The average Bonchev–Trinajstić information content (AvgIpc) is 3.73. The number of nitrogens with one attached hydrogen (secondary N) is 1. The molecule has 24 heteroatoms. The predicted molar refractivity (Wildman–Crippen MR) is 154 cm³/mol. The number of thiol groups is 1. The molecule has 4 aromatic rings. The van der Waals surface area contributed by atoms with E-state index in [0.29, 0.717) is 11.2 Å². The zero-order valence-corrected chi connectivity index (χ0v) is 25.3. The van der Waals surface area contributed by atoms with E-state index in [1.165, 1.54) is 23.2 Å². The highest BCUT2D eigenvalue weighted by Gasteiger charge is 2.52. The number of aromatic nitrogens is 7. The highest BCUT2D eigenvalue weighted by Crippen LogP contribution is 2.50. The van der Waals surface area contributed by atoms with Crippen molar-refractivity contribution in [3.8, 4) is 0 Å². The van der Waals surface area contributed by atoms with Gasteiger partial charge < -0.3 is 41.2 Å². The Labute approximate surface area is 256 Å². The number of nitrogens with two attached hydrogens (primary N) is 2. The van der Waals surface area contributed by atoms with Crippen molar-refractivity contribution in [2.75, 3.05) is 24.7 Å². The molecule has 0 spiro atoms. The Balaban J connectivity index is 1.22. The molecule has 21 nitrogen and oxygen atoms in total. The summed E-state index contributed by atoms with van der Waals surface area (Å²) in [6, 6.07) is 1.53. The zero-order chi connectivity index (χ0) is 32.2. The summed E-state index contributed by atoms with van der Waals surface area (Å²) in [5.41, 5.74) is 11.5. The van der Waals surface area contributed by atoms with Crippen molar-refractivity contribution in [2.45, 2.75) is 49.1 Å². The molecule has 6 rings (SSSR count). The average molecular weight is 691 g/mol. The summed E-state index contributed by atoms with van der Waals surface area (Å²) in [7, 11) is -7.70. The molecule has 242 valence electrons. The molecular weight excluding hydrogens is 664 g/mol. The molecule has 0 amide bonds. The second-order valence-electron chi connectivity index (χ2n) is 9.94. The van der Waals surface area contributed by atoms with E-state index in [1.807, 2.05) is 0 Å². The molecule has 0 radical (unpaired) electrons. The summed E-state index contributed by atoms with van der Waals surface area (Å²) < 4.78 is 54.7. The summed E-state index contributed by atoms with van der Waals surface area (Å²) >= 11 is 3.74. The van der Waals surface area contributed by atoms with E-state index in [0.717, 1.165) is 10.9 Å². The van der Waals surface area contributed by atoms with Crippen LogP contribution in [-0.2, 0) is 32.2 Å². The van der Waals surface area contributed by atoms with Gasteiger partial charge in [0.15, 0.2) is 35.4 Å². The number of rotatable bonds is 10. The molecule has 45 heavy (non-hydrogen) atoms. The van der Waals surface area contributed by atoms with Crippen LogP contribution in [0.2, 0.25) is 0 Å². The lowest BCUT2D eigenvalue weighted by molar-refractivity contribution is -0.0607. The lowest BCUT2D eigenvalue weighted by Gasteiger charge is -2.24. The molecule has 2 saturated heterocycles. The maximum atomic E-state index is 13.2. The third-order valence-electron chi connectivity index (χ3n) is 7.16. The highest BCUT2D eigenvalue weighted by atomic mass is 32.7. The van der Waals surface area contributed by atoms with Crippen LogP contribution in [0.4, 0.5) is 11.6 Å². The van der Waals surface area contributed by atoms with Gasteiger partial charge >= 0.3 is 15.1 Å². The van der Waals surface area contributed by atoms with Crippen LogP contribution in [0.25, 0.3) is 22.3 Å². The Hall–Kier alpha value is -3.11. The van der Waals surface area contributed by atoms with Gasteiger partial charge in [-0.25, -0.2) is 19.5 Å². The zero-order valence-electron chi connectivity index (χ0n) is 22.6. The van der Waals surface area contributed by atoms with Crippen LogP contribution < -0.4 is 17.0 Å². The highest BCUT2D eigenvalue weighted by molar-refractivity contribution is 8.39. The molecule has 0 aliphatic carbocycles. The third-order valence-corrected chi connectivity index (χ3v) is 8.85. The topological polar surface area (TPSA) is 308 Å². The first-order valence-corrected chi connectivity index (χ1v) is 16.8. The molecule has 6 heterocycles. The fourth-order valence-electron chi connectivity index (χ4n) is 5.14. The fourth-order valence-corrected chi connectivity index (χ4v) is 6.87. The molecule has 0 saturated carbocycles. The van der Waals surface area contributed by atoms with E-state index in [4.69, 9.17) is 34.5 Å².